The van der Waals surface area contributed by atoms with Crippen LogP contribution in [-0.2, 0) is 11.3 Å². The molecule has 1 N–H and O–H groups in total. The van der Waals surface area contributed by atoms with E-state index in [1.54, 1.807) is 0 Å². The van der Waals surface area contributed by atoms with Gasteiger partial charge in [0.15, 0.2) is 0 Å². The van der Waals surface area contributed by atoms with Crippen molar-refractivity contribution in [3.8, 4) is 0 Å². The Morgan fingerprint density at radius 3 is 2.89 bits per heavy atom. The topological polar surface area (TPSA) is 34.0 Å². The third-order valence-electron chi connectivity index (χ3n) is 3.27. The van der Waals surface area contributed by atoms with Crippen molar-refractivity contribution >= 4 is 27.5 Å². The third-order valence-corrected chi connectivity index (χ3v) is 6.27. The van der Waals surface area contributed by atoms with Crippen molar-refractivity contribution in [2.75, 3.05) is 12.3 Å². The molecule has 3 nitrogen and oxygen atoms in total. The molecule has 1 atom stereocenters. The zero-order valence-electron chi connectivity index (χ0n) is 11.2. The zero-order valence-corrected chi connectivity index (χ0v) is 12.8. The first-order valence-electron chi connectivity index (χ1n) is 7.00. The quantitative estimate of drug-likeness (QED) is 0.590. The second-order valence-corrected chi connectivity index (χ2v) is 7.63. The summed E-state index contributed by atoms with van der Waals surface area (Å²) < 4.78 is 2.08. The van der Waals surface area contributed by atoms with Gasteiger partial charge in [-0.2, -0.15) is 0 Å². The van der Waals surface area contributed by atoms with Gasteiger partial charge in [-0.15, -0.1) is 0 Å². The van der Waals surface area contributed by atoms with Crippen molar-refractivity contribution in [3.05, 3.63) is 24.5 Å². The maximum absolute atomic E-state index is 11.6. The highest BCUT2D eigenvalue weighted by atomic mass is 33.1. The lowest BCUT2D eigenvalue weighted by atomic mass is 10.1. The standard InChI is InChI=1S/C14H22N2OS2/c17-14(15-8-11-16-9-3-4-10-16)6-2-1-5-13-7-12-18-19-13/h3-4,9-10,13H,1-2,5-8,11-12H2,(H,15,17)/t13-/m1/s1. The molecule has 1 aliphatic heterocycles. The molecule has 5 heteroatoms. The Labute approximate surface area is 123 Å². The molecular weight excluding hydrogens is 276 g/mol. The Kier molecular flexibility index (Phi) is 6.71. The summed E-state index contributed by atoms with van der Waals surface area (Å²) in [6.45, 7) is 1.58. The van der Waals surface area contributed by atoms with Gasteiger partial charge in [-0.1, -0.05) is 28.0 Å². The average Bonchev–Trinajstić information content (AvgIpc) is 3.07. The number of unbranched alkanes of at least 4 members (excludes halogenated alkanes) is 1. The predicted octanol–water partition coefficient (Wildman–Crippen LogP) is 3.32. The number of hydrogen-bond acceptors (Lipinski definition) is 3. The molecule has 0 unspecified atom stereocenters. The van der Waals surface area contributed by atoms with E-state index in [9.17, 15) is 4.79 Å². The molecule has 2 heterocycles. The Hall–Kier alpha value is -0.550. The molecule has 1 aromatic heterocycles. The first-order chi connectivity index (χ1) is 9.34. The largest absolute Gasteiger partial charge is 0.354 e. The molecule has 0 spiro atoms. The summed E-state index contributed by atoms with van der Waals surface area (Å²) in [6.07, 6.45) is 9.54. The van der Waals surface area contributed by atoms with E-state index >= 15 is 0 Å². The zero-order chi connectivity index (χ0) is 13.3. The molecule has 0 saturated carbocycles. The van der Waals surface area contributed by atoms with E-state index in [2.05, 4.69) is 9.88 Å². The highest BCUT2D eigenvalue weighted by Crippen LogP contribution is 2.39. The van der Waals surface area contributed by atoms with Gasteiger partial charge in [0.05, 0.1) is 0 Å². The maximum atomic E-state index is 11.6. The van der Waals surface area contributed by atoms with E-state index in [0.29, 0.717) is 6.42 Å². The van der Waals surface area contributed by atoms with Gasteiger partial charge in [0.1, 0.15) is 0 Å². The summed E-state index contributed by atoms with van der Waals surface area (Å²) in [5.74, 6) is 1.50. The summed E-state index contributed by atoms with van der Waals surface area (Å²) in [6, 6.07) is 4.00. The summed E-state index contributed by atoms with van der Waals surface area (Å²) in [4.78, 5) is 11.6. The highest BCUT2D eigenvalue weighted by Gasteiger charge is 2.15. The fraction of sp³-hybridized carbons (Fsp3) is 0.643. The summed E-state index contributed by atoms with van der Waals surface area (Å²) in [5.41, 5.74) is 0. The maximum Gasteiger partial charge on any atom is 0.220 e. The van der Waals surface area contributed by atoms with Gasteiger partial charge in [0, 0.05) is 42.9 Å². The summed E-state index contributed by atoms with van der Waals surface area (Å²) in [5, 5.41) is 3.82. The lowest BCUT2D eigenvalue weighted by molar-refractivity contribution is -0.121. The van der Waals surface area contributed by atoms with Crippen molar-refractivity contribution in [2.45, 2.75) is 43.9 Å². The smallest absolute Gasteiger partial charge is 0.220 e. The van der Waals surface area contributed by atoms with E-state index in [1.807, 2.05) is 46.1 Å². The molecule has 106 valence electrons. The van der Waals surface area contributed by atoms with Gasteiger partial charge in [-0.3, -0.25) is 4.79 Å². The molecule has 19 heavy (non-hydrogen) atoms. The van der Waals surface area contributed by atoms with Crippen LogP contribution in [0.4, 0.5) is 0 Å². The lowest BCUT2D eigenvalue weighted by Crippen LogP contribution is -2.26. The molecule has 0 aromatic carbocycles. The SMILES string of the molecule is O=C(CCCC[C@@H]1CCSS1)NCCn1cccc1. The Bertz CT molecular complexity index is 362. The molecule has 1 fully saturated rings. The molecule has 2 rings (SSSR count). The number of hydrogen-bond donors (Lipinski definition) is 1. The monoisotopic (exact) mass is 298 g/mol. The number of amides is 1. The third kappa shape index (κ3) is 5.95. The van der Waals surface area contributed by atoms with Gasteiger partial charge in [0.2, 0.25) is 5.91 Å². The number of nitrogens with zero attached hydrogens (tertiary/aromatic N) is 1. The average molecular weight is 298 g/mol. The van der Waals surface area contributed by atoms with Crippen LogP contribution in [0.3, 0.4) is 0 Å². The number of rotatable bonds is 8. The first-order valence-corrected chi connectivity index (χ1v) is 9.38. The van der Waals surface area contributed by atoms with E-state index in [0.717, 1.165) is 24.8 Å². The summed E-state index contributed by atoms with van der Waals surface area (Å²) in [7, 11) is 4.02. The predicted molar refractivity (Wildman–Crippen MR) is 84.4 cm³/mol. The minimum atomic E-state index is 0.195. The molecule has 0 bridgehead atoms. The van der Waals surface area contributed by atoms with Crippen LogP contribution in [0.5, 0.6) is 0 Å². The molecule has 1 amide bonds. The lowest BCUT2D eigenvalue weighted by Gasteiger charge is -2.08. The second kappa shape index (κ2) is 8.59. The Morgan fingerprint density at radius 2 is 2.16 bits per heavy atom. The molecule has 1 aliphatic rings. The fourth-order valence-electron chi connectivity index (χ4n) is 2.15. The molecular formula is C14H22N2OS2. The van der Waals surface area contributed by atoms with Gasteiger partial charge >= 0.3 is 0 Å². The van der Waals surface area contributed by atoms with Crippen LogP contribution in [0.15, 0.2) is 24.5 Å². The van der Waals surface area contributed by atoms with Crippen LogP contribution in [0, 0.1) is 0 Å². The molecule has 1 aromatic rings. The number of nitrogens with one attached hydrogen (secondary N) is 1. The number of aromatic nitrogens is 1. The Morgan fingerprint density at radius 1 is 1.32 bits per heavy atom. The van der Waals surface area contributed by atoms with Crippen molar-refractivity contribution in [1.82, 2.24) is 9.88 Å². The minimum Gasteiger partial charge on any atom is -0.354 e. The first kappa shape index (κ1) is 14.9. The van der Waals surface area contributed by atoms with Gasteiger partial charge in [-0.25, -0.2) is 0 Å². The van der Waals surface area contributed by atoms with Crippen LogP contribution in [-0.4, -0.2) is 28.0 Å². The molecule has 1 saturated heterocycles. The van der Waals surface area contributed by atoms with E-state index < -0.39 is 0 Å². The van der Waals surface area contributed by atoms with Gasteiger partial charge in [0.25, 0.3) is 0 Å². The van der Waals surface area contributed by atoms with Crippen LogP contribution >= 0.6 is 21.6 Å². The van der Waals surface area contributed by atoms with Crippen molar-refractivity contribution < 1.29 is 4.79 Å². The van der Waals surface area contributed by atoms with Crippen molar-refractivity contribution in [3.63, 3.8) is 0 Å². The minimum absolute atomic E-state index is 0.195. The van der Waals surface area contributed by atoms with Gasteiger partial charge in [-0.05, 0) is 31.4 Å². The number of carbonyl (C=O) groups excluding carboxylic acids is 1. The number of carbonyl (C=O) groups is 1. The van der Waals surface area contributed by atoms with Crippen LogP contribution in [0.1, 0.15) is 32.1 Å². The van der Waals surface area contributed by atoms with Crippen molar-refractivity contribution in [2.24, 2.45) is 0 Å². The fourth-order valence-corrected chi connectivity index (χ4v) is 5.18. The van der Waals surface area contributed by atoms with Crippen LogP contribution < -0.4 is 5.32 Å². The van der Waals surface area contributed by atoms with Crippen LogP contribution in [0.2, 0.25) is 0 Å². The summed E-state index contributed by atoms with van der Waals surface area (Å²) >= 11 is 0. The highest BCUT2D eigenvalue weighted by molar-refractivity contribution is 8.77. The van der Waals surface area contributed by atoms with E-state index in [1.165, 1.54) is 25.0 Å². The molecule has 0 radical (unpaired) electrons. The normalized spacial score (nSPS) is 18.6. The van der Waals surface area contributed by atoms with Crippen LogP contribution in [0.25, 0.3) is 0 Å². The van der Waals surface area contributed by atoms with E-state index in [4.69, 9.17) is 0 Å². The van der Waals surface area contributed by atoms with Crippen molar-refractivity contribution in [1.29, 1.82) is 0 Å². The van der Waals surface area contributed by atoms with Gasteiger partial charge < -0.3 is 9.88 Å². The second-order valence-electron chi connectivity index (χ2n) is 4.85. The Balaban J connectivity index is 1.45. The molecule has 0 aliphatic carbocycles. The van der Waals surface area contributed by atoms with E-state index in [-0.39, 0.29) is 5.91 Å².